The summed E-state index contributed by atoms with van der Waals surface area (Å²) in [5.41, 5.74) is 1.85. The number of rotatable bonds is 4. The van der Waals surface area contributed by atoms with Crippen LogP contribution in [-0.2, 0) is 6.54 Å². The van der Waals surface area contributed by atoms with Crippen molar-refractivity contribution in [1.82, 2.24) is 5.32 Å². The van der Waals surface area contributed by atoms with Crippen LogP contribution in [0.2, 0.25) is 0 Å². The average molecular weight is 286 g/mol. The molecule has 1 atom stereocenters. The van der Waals surface area contributed by atoms with Crippen molar-refractivity contribution in [3.8, 4) is 5.75 Å². The largest absolute Gasteiger partial charge is 0.507 e. The van der Waals surface area contributed by atoms with E-state index in [2.05, 4.69) is 42.0 Å². The Bertz CT molecular complexity index is 363. The number of nitrogens with one attached hydrogen (secondary N) is 1. The van der Waals surface area contributed by atoms with Gasteiger partial charge in [-0.2, -0.15) is 0 Å². The summed E-state index contributed by atoms with van der Waals surface area (Å²) < 4.78 is 1.01. The van der Waals surface area contributed by atoms with Crippen molar-refractivity contribution in [2.24, 2.45) is 5.92 Å². The molecule has 0 saturated heterocycles. The molecular formula is C13H20BrNO. The van der Waals surface area contributed by atoms with Gasteiger partial charge in [-0.25, -0.2) is 0 Å². The number of benzene rings is 1. The first-order chi connectivity index (χ1) is 7.41. The SMILES string of the molecule is Cc1cc(Br)cc(CNC(C)C(C)C)c1O. The molecule has 1 aromatic rings. The predicted molar refractivity (Wildman–Crippen MR) is 71.7 cm³/mol. The molecule has 1 rings (SSSR count). The molecule has 2 N–H and O–H groups in total. The highest BCUT2D eigenvalue weighted by atomic mass is 79.9. The number of hydrogen-bond donors (Lipinski definition) is 2. The van der Waals surface area contributed by atoms with Gasteiger partial charge in [-0.1, -0.05) is 29.8 Å². The van der Waals surface area contributed by atoms with Gasteiger partial charge in [-0.05, 0) is 37.5 Å². The lowest BCUT2D eigenvalue weighted by molar-refractivity contribution is 0.414. The number of aryl methyl sites for hydroxylation is 1. The number of aromatic hydroxyl groups is 1. The standard InChI is InChI=1S/C13H20BrNO/c1-8(2)10(4)15-7-11-6-12(14)5-9(3)13(11)16/h5-6,8,10,15-16H,7H2,1-4H3. The Morgan fingerprint density at radius 1 is 1.31 bits per heavy atom. The minimum absolute atomic E-state index is 0.395. The molecule has 16 heavy (non-hydrogen) atoms. The van der Waals surface area contributed by atoms with E-state index in [1.165, 1.54) is 0 Å². The van der Waals surface area contributed by atoms with Crippen LogP contribution in [0.3, 0.4) is 0 Å². The number of phenolic OH excluding ortho intramolecular Hbond substituents is 1. The lowest BCUT2D eigenvalue weighted by atomic mass is 10.1. The molecular weight excluding hydrogens is 266 g/mol. The van der Waals surface area contributed by atoms with Gasteiger partial charge in [0.25, 0.3) is 0 Å². The quantitative estimate of drug-likeness (QED) is 0.886. The first kappa shape index (κ1) is 13.5. The molecule has 0 aliphatic rings. The Morgan fingerprint density at radius 2 is 1.94 bits per heavy atom. The Labute approximate surface area is 106 Å². The number of hydrogen-bond acceptors (Lipinski definition) is 2. The number of phenols is 1. The Balaban J connectivity index is 2.74. The van der Waals surface area contributed by atoms with Gasteiger partial charge in [0.15, 0.2) is 0 Å². The molecule has 1 unspecified atom stereocenters. The number of halogens is 1. The van der Waals surface area contributed by atoms with Crippen molar-refractivity contribution in [2.75, 3.05) is 0 Å². The maximum Gasteiger partial charge on any atom is 0.123 e. The zero-order valence-electron chi connectivity index (χ0n) is 10.3. The first-order valence-electron chi connectivity index (χ1n) is 5.63. The van der Waals surface area contributed by atoms with E-state index in [1.54, 1.807) is 0 Å². The van der Waals surface area contributed by atoms with E-state index in [-0.39, 0.29) is 0 Å². The fourth-order valence-electron chi connectivity index (χ4n) is 1.45. The maximum absolute atomic E-state index is 9.91. The molecule has 0 spiro atoms. The molecule has 0 radical (unpaired) electrons. The molecule has 0 aliphatic carbocycles. The van der Waals surface area contributed by atoms with Gasteiger partial charge in [0.2, 0.25) is 0 Å². The van der Waals surface area contributed by atoms with Crippen molar-refractivity contribution < 1.29 is 5.11 Å². The van der Waals surface area contributed by atoms with E-state index < -0.39 is 0 Å². The third-order valence-corrected chi connectivity index (χ3v) is 3.42. The second-order valence-electron chi connectivity index (χ2n) is 4.64. The second-order valence-corrected chi connectivity index (χ2v) is 5.56. The summed E-state index contributed by atoms with van der Waals surface area (Å²) in [6, 6.07) is 4.33. The summed E-state index contributed by atoms with van der Waals surface area (Å²) in [5, 5.41) is 13.3. The van der Waals surface area contributed by atoms with Gasteiger partial charge >= 0.3 is 0 Å². The van der Waals surface area contributed by atoms with Crippen molar-refractivity contribution in [2.45, 2.75) is 40.3 Å². The van der Waals surface area contributed by atoms with Crippen LogP contribution in [0, 0.1) is 12.8 Å². The molecule has 0 saturated carbocycles. The molecule has 3 heteroatoms. The highest BCUT2D eigenvalue weighted by molar-refractivity contribution is 9.10. The molecule has 1 aromatic carbocycles. The minimum atomic E-state index is 0.395. The predicted octanol–water partition coefficient (Wildman–Crippen LogP) is 3.60. The lowest BCUT2D eigenvalue weighted by Crippen LogP contribution is -2.30. The van der Waals surface area contributed by atoms with E-state index in [4.69, 9.17) is 0 Å². The first-order valence-corrected chi connectivity index (χ1v) is 6.42. The average Bonchev–Trinajstić information content (AvgIpc) is 2.20. The van der Waals surface area contributed by atoms with Crippen LogP contribution in [0.25, 0.3) is 0 Å². The monoisotopic (exact) mass is 285 g/mol. The van der Waals surface area contributed by atoms with Gasteiger partial charge in [0.05, 0.1) is 0 Å². The molecule has 0 aromatic heterocycles. The summed E-state index contributed by atoms with van der Waals surface area (Å²) >= 11 is 3.44. The third-order valence-electron chi connectivity index (χ3n) is 2.96. The summed E-state index contributed by atoms with van der Waals surface area (Å²) in [7, 11) is 0. The fraction of sp³-hybridized carbons (Fsp3) is 0.538. The van der Waals surface area contributed by atoms with Crippen molar-refractivity contribution >= 4 is 15.9 Å². The van der Waals surface area contributed by atoms with E-state index in [0.29, 0.717) is 24.3 Å². The normalized spacial score (nSPS) is 13.1. The van der Waals surface area contributed by atoms with Crippen LogP contribution >= 0.6 is 15.9 Å². The molecule has 2 nitrogen and oxygen atoms in total. The highest BCUT2D eigenvalue weighted by Crippen LogP contribution is 2.26. The van der Waals surface area contributed by atoms with Crippen LogP contribution < -0.4 is 5.32 Å². The van der Waals surface area contributed by atoms with E-state index in [0.717, 1.165) is 15.6 Å². The molecule has 0 amide bonds. The van der Waals surface area contributed by atoms with E-state index in [1.807, 2.05) is 19.1 Å². The Kier molecular flexibility index (Phi) is 4.81. The van der Waals surface area contributed by atoms with Gasteiger partial charge in [0.1, 0.15) is 5.75 Å². The topological polar surface area (TPSA) is 32.3 Å². The summed E-state index contributed by atoms with van der Waals surface area (Å²) in [5.74, 6) is 0.988. The van der Waals surface area contributed by atoms with E-state index in [9.17, 15) is 5.11 Å². The lowest BCUT2D eigenvalue weighted by Gasteiger charge is -2.18. The molecule has 0 aliphatic heterocycles. The van der Waals surface area contributed by atoms with Crippen LogP contribution in [0.1, 0.15) is 31.9 Å². The Morgan fingerprint density at radius 3 is 2.50 bits per heavy atom. The van der Waals surface area contributed by atoms with Gasteiger partial charge in [-0.15, -0.1) is 0 Å². The zero-order valence-corrected chi connectivity index (χ0v) is 11.9. The maximum atomic E-state index is 9.91. The second kappa shape index (κ2) is 5.69. The summed E-state index contributed by atoms with van der Waals surface area (Å²) in [6.07, 6.45) is 0. The highest BCUT2D eigenvalue weighted by Gasteiger charge is 2.09. The minimum Gasteiger partial charge on any atom is -0.507 e. The Hall–Kier alpha value is -0.540. The fourth-order valence-corrected chi connectivity index (χ4v) is 2.07. The van der Waals surface area contributed by atoms with Crippen LogP contribution in [0.4, 0.5) is 0 Å². The van der Waals surface area contributed by atoms with Crippen LogP contribution in [0.5, 0.6) is 5.75 Å². The third kappa shape index (κ3) is 3.49. The molecule has 0 heterocycles. The van der Waals surface area contributed by atoms with Crippen LogP contribution in [-0.4, -0.2) is 11.1 Å². The van der Waals surface area contributed by atoms with Crippen LogP contribution in [0.15, 0.2) is 16.6 Å². The summed E-state index contributed by atoms with van der Waals surface area (Å²) in [6.45, 7) is 9.14. The molecule has 90 valence electrons. The van der Waals surface area contributed by atoms with Gasteiger partial charge in [-0.3, -0.25) is 0 Å². The zero-order chi connectivity index (χ0) is 12.3. The van der Waals surface area contributed by atoms with Crippen molar-refractivity contribution in [3.05, 3.63) is 27.7 Å². The van der Waals surface area contributed by atoms with Gasteiger partial charge < -0.3 is 10.4 Å². The van der Waals surface area contributed by atoms with E-state index >= 15 is 0 Å². The summed E-state index contributed by atoms with van der Waals surface area (Å²) in [4.78, 5) is 0. The van der Waals surface area contributed by atoms with Crippen molar-refractivity contribution in [1.29, 1.82) is 0 Å². The molecule has 0 fully saturated rings. The van der Waals surface area contributed by atoms with Crippen molar-refractivity contribution in [3.63, 3.8) is 0 Å². The molecule has 0 bridgehead atoms. The van der Waals surface area contributed by atoms with Gasteiger partial charge in [0, 0.05) is 22.6 Å². The smallest absolute Gasteiger partial charge is 0.123 e.